The van der Waals surface area contributed by atoms with E-state index in [0.29, 0.717) is 0 Å². The topological polar surface area (TPSA) is 63.6 Å². The van der Waals surface area contributed by atoms with E-state index in [9.17, 15) is 9.36 Å². The Morgan fingerprint density at radius 2 is 2.00 bits per heavy atom. The van der Waals surface area contributed by atoms with E-state index in [1.807, 2.05) is 13.8 Å². The van der Waals surface area contributed by atoms with Crippen LogP contribution >= 0.6 is 8.25 Å². The average Bonchev–Trinajstić information content (AvgIpc) is 2.10. The minimum atomic E-state index is -2.67. The third-order valence-electron chi connectivity index (χ3n) is 1.59. The summed E-state index contributed by atoms with van der Waals surface area (Å²) in [5.74, 6) is -0.267. The van der Waals surface area contributed by atoms with Gasteiger partial charge in [0, 0.05) is 4.57 Å². The van der Waals surface area contributed by atoms with Gasteiger partial charge in [0.15, 0.2) is 12.4 Å². The van der Waals surface area contributed by atoms with Crippen molar-refractivity contribution in [2.75, 3.05) is 6.61 Å². The minimum absolute atomic E-state index is 0.267. The van der Waals surface area contributed by atoms with Gasteiger partial charge in [-0.25, -0.2) is 0 Å². The lowest BCUT2D eigenvalue weighted by Crippen LogP contribution is -2.02. The van der Waals surface area contributed by atoms with Gasteiger partial charge >= 0.3 is 8.25 Å². The Hall–Kier alpha value is -0.570. The van der Waals surface area contributed by atoms with E-state index >= 15 is 0 Å². The van der Waals surface area contributed by atoms with Crippen molar-refractivity contribution >= 4 is 14.0 Å². The van der Waals surface area contributed by atoms with Crippen LogP contribution < -0.4 is 0 Å². The minimum Gasteiger partial charge on any atom is -0.292 e. The van der Waals surface area contributed by atoms with Crippen LogP contribution in [0.2, 0.25) is 0 Å². The molecule has 0 radical (unpaired) electrons. The lowest BCUT2D eigenvalue weighted by atomic mass is 10.1. The standard InChI is InChI=1S/C8H13O4P/c1-3-7(4-2)5-8(9)6-12-13(10)11/h5H,3-4,6H2,1-2H3/p+1. The van der Waals surface area contributed by atoms with E-state index in [2.05, 4.69) is 4.52 Å². The van der Waals surface area contributed by atoms with E-state index in [0.717, 1.165) is 18.4 Å². The lowest BCUT2D eigenvalue weighted by molar-refractivity contribution is -0.116. The molecule has 0 aliphatic carbocycles. The number of hydrogen-bond donors (Lipinski definition) is 1. The van der Waals surface area contributed by atoms with E-state index < -0.39 is 8.25 Å². The first kappa shape index (κ1) is 12.4. The zero-order chi connectivity index (χ0) is 10.3. The summed E-state index contributed by atoms with van der Waals surface area (Å²) in [7, 11) is -2.67. The molecule has 1 unspecified atom stereocenters. The van der Waals surface area contributed by atoms with Crippen molar-refractivity contribution in [3.63, 3.8) is 0 Å². The van der Waals surface area contributed by atoms with Crippen LogP contribution in [-0.4, -0.2) is 17.3 Å². The SMILES string of the molecule is CCC(=CC(=O)CO[P+](=O)O)CC. The molecule has 0 aromatic heterocycles. The first-order valence-electron chi connectivity index (χ1n) is 4.11. The van der Waals surface area contributed by atoms with Crippen LogP contribution in [0.15, 0.2) is 11.6 Å². The summed E-state index contributed by atoms with van der Waals surface area (Å²) in [5, 5.41) is 0. The third kappa shape index (κ3) is 6.58. The van der Waals surface area contributed by atoms with Crippen molar-refractivity contribution in [2.45, 2.75) is 26.7 Å². The highest BCUT2D eigenvalue weighted by molar-refractivity contribution is 7.32. The summed E-state index contributed by atoms with van der Waals surface area (Å²) in [6.45, 7) is 3.58. The molecule has 1 N–H and O–H groups in total. The molecule has 0 aromatic rings. The van der Waals surface area contributed by atoms with Gasteiger partial charge in [0.1, 0.15) is 0 Å². The highest BCUT2D eigenvalue weighted by Gasteiger charge is 2.14. The van der Waals surface area contributed by atoms with Crippen molar-refractivity contribution in [3.8, 4) is 0 Å². The van der Waals surface area contributed by atoms with Gasteiger partial charge in [-0.05, 0) is 18.9 Å². The predicted molar refractivity (Wildman–Crippen MR) is 49.4 cm³/mol. The third-order valence-corrected chi connectivity index (χ3v) is 1.94. The van der Waals surface area contributed by atoms with E-state index in [1.54, 1.807) is 0 Å². The van der Waals surface area contributed by atoms with Gasteiger partial charge < -0.3 is 0 Å². The summed E-state index contributed by atoms with van der Waals surface area (Å²) in [4.78, 5) is 19.3. The van der Waals surface area contributed by atoms with Gasteiger partial charge in [0.2, 0.25) is 0 Å². The molecule has 13 heavy (non-hydrogen) atoms. The van der Waals surface area contributed by atoms with Gasteiger partial charge in [-0.2, -0.15) is 0 Å². The van der Waals surface area contributed by atoms with Gasteiger partial charge in [0.05, 0.1) is 0 Å². The Morgan fingerprint density at radius 1 is 1.46 bits per heavy atom. The Balaban J connectivity index is 3.97. The molecular weight excluding hydrogens is 191 g/mol. The summed E-state index contributed by atoms with van der Waals surface area (Å²) in [6.07, 6.45) is 3.10. The molecule has 0 rings (SSSR count). The maximum atomic E-state index is 11.0. The number of ketones is 1. The molecule has 0 saturated heterocycles. The molecule has 0 heterocycles. The van der Waals surface area contributed by atoms with Crippen molar-refractivity contribution in [2.24, 2.45) is 0 Å². The largest absolute Gasteiger partial charge is 0.695 e. The Kier molecular flexibility index (Phi) is 6.59. The highest BCUT2D eigenvalue weighted by Crippen LogP contribution is 2.14. The smallest absolute Gasteiger partial charge is 0.292 e. The molecule has 0 aliphatic heterocycles. The van der Waals surface area contributed by atoms with Gasteiger partial charge in [-0.1, -0.05) is 19.4 Å². The second-order valence-corrected chi connectivity index (χ2v) is 3.22. The van der Waals surface area contributed by atoms with Crippen molar-refractivity contribution in [1.82, 2.24) is 0 Å². The number of carbonyl (C=O) groups excluding carboxylic acids is 1. The van der Waals surface area contributed by atoms with Gasteiger partial charge in [0.25, 0.3) is 0 Å². The quantitative estimate of drug-likeness (QED) is 0.531. The summed E-state index contributed by atoms with van der Waals surface area (Å²) < 4.78 is 14.3. The van der Waals surface area contributed by atoms with E-state index in [1.165, 1.54) is 6.08 Å². The fourth-order valence-corrected chi connectivity index (χ4v) is 1.08. The molecule has 0 aliphatic rings. The lowest BCUT2D eigenvalue weighted by Gasteiger charge is -1.96. The van der Waals surface area contributed by atoms with E-state index in [-0.39, 0.29) is 12.4 Å². The predicted octanol–water partition coefficient (Wildman–Crippen LogP) is 1.97. The molecule has 0 amide bonds. The fraction of sp³-hybridized carbons (Fsp3) is 0.625. The maximum Gasteiger partial charge on any atom is 0.695 e. The second-order valence-electron chi connectivity index (χ2n) is 2.49. The molecule has 0 fully saturated rings. The van der Waals surface area contributed by atoms with E-state index in [4.69, 9.17) is 4.89 Å². The monoisotopic (exact) mass is 205 g/mol. The van der Waals surface area contributed by atoms with Crippen LogP contribution in [0.4, 0.5) is 0 Å². The summed E-state index contributed by atoms with van der Waals surface area (Å²) >= 11 is 0. The van der Waals surface area contributed by atoms with Gasteiger partial charge in [-0.15, -0.1) is 9.42 Å². The van der Waals surface area contributed by atoms with Crippen LogP contribution in [0.5, 0.6) is 0 Å². The van der Waals surface area contributed by atoms with Crippen LogP contribution in [0.1, 0.15) is 26.7 Å². The molecule has 4 nitrogen and oxygen atoms in total. The van der Waals surface area contributed by atoms with Crippen LogP contribution in [0.25, 0.3) is 0 Å². The molecular formula is C8H14O4P+. The Bertz CT molecular complexity index is 216. The molecule has 0 saturated carbocycles. The molecule has 0 aromatic carbocycles. The van der Waals surface area contributed by atoms with Gasteiger partial charge in [-0.3, -0.25) is 4.79 Å². The van der Waals surface area contributed by atoms with Crippen molar-refractivity contribution in [3.05, 3.63) is 11.6 Å². The Morgan fingerprint density at radius 3 is 2.38 bits per heavy atom. The molecule has 0 bridgehead atoms. The second kappa shape index (κ2) is 6.89. The fourth-order valence-electron chi connectivity index (χ4n) is 0.842. The van der Waals surface area contributed by atoms with Crippen LogP contribution in [0.3, 0.4) is 0 Å². The molecule has 74 valence electrons. The Labute approximate surface area is 78.6 Å². The first-order valence-corrected chi connectivity index (χ1v) is 5.24. The molecule has 1 atom stereocenters. The number of hydrogen-bond acceptors (Lipinski definition) is 3. The zero-order valence-electron chi connectivity index (χ0n) is 7.82. The summed E-state index contributed by atoms with van der Waals surface area (Å²) in [6, 6.07) is 0. The molecule has 5 heteroatoms. The average molecular weight is 205 g/mol. The molecule has 0 spiro atoms. The summed E-state index contributed by atoms with van der Waals surface area (Å²) in [5.41, 5.74) is 1.02. The highest BCUT2D eigenvalue weighted by atomic mass is 31.1. The first-order chi connectivity index (χ1) is 6.10. The van der Waals surface area contributed by atoms with Crippen molar-refractivity contribution < 1.29 is 18.8 Å². The van der Waals surface area contributed by atoms with Crippen LogP contribution in [0, 0.1) is 0 Å². The maximum absolute atomic E-state index is 11.0. The van der Waals surface area contributed by atoms with Crippen LogP contribution in [-0.2, 0) is 13.9 Å². The van der Waals surface area contributed by atoms with Crippen molar-refractivity contribution in [1.29, 1.82) is 0 Å². The number of rotatable bonds is 6. The number of allylic oxidation sites excluding steroid dienone is 1. The number of carbonyl (C=O) groups is 1. The normalized spacial score (nSPS) is 10.8. The zero-order valence-corrected chi connectivity index (χ0v) is 8.71.